The van der Waals surface area contributed by atoms with Crippen LogP contribution in [0.4, 0.5) is 5.69 Å². The van der Waals surface area contributed by atoms with Gasteiger partial charge in [-0.05, 0) is 70.1 Å². The molecule has 6 nitrogen and oxygen atoms in total. The summed E-state index contributed by atoms with van der Waals surface area (Å²) in [6.07, 6.45) is 0.751. The van der Waals surface area contributed by atoms with Crippen molar-refractivity contribution in [3.05, 3.63) is 63.6 Å². The van der Waals surface area contributed by atoms with Gasteiger partial charge in [0.15, 0.2) is 5.76 Å². The fourth-order valence-electron chi connectivity index (χ4n) is 4.02. The smallest absolute Gasteiger partial charge is 0.290 e. The van der Waals surface area contributed by atoms with Crippen LogP contribution in [0.1, 0.15) is 41.5 Å². The molecule has 2 heterocycles. The predicted octanol–water partition coefficient (Wildman–Crippen LogP) is 4.12. The minimum absolute atomic E-state index is 0.174. The van der Waals surface area contributed by atoms with Gasteiger partial charge in [-0.25, -0.2) is 0 Å². The van der Waals surface area contributed by atoms with Crippen molar-refractivity contribution in [2.24, 2.45) is 0 Å². The average Bonchev–Trinajstić information content (AvgIpc) is 3.38. The summed E-state index contributed by atoms with van der Waals surface area (Å²) in [7, 11) is 3.97. The first-order valence-corrected chi connectivity index (χ1v) is 11.6. The Labute approximate surface area is 188 Å². The second-order valence-electron chi connectivity index (χ2n) is 7.89. The van der Waals surface area contributed by atoms with E-state index in [4.69, 9.17) is 0 Å². The Morgan fingerprint density at radius 3 is 2.35 bits per heavy atom. The maximum absolute atomic E-state index is 13.2. The fourth-order valence-corrected chi connectivity index (χ4v) is 4.69. The fraction of sp³-hybridized carbons (Fsp3) is 0.417. The Balaban J connectivity index is 1.98. The molecular weight excluding hydrogens is 410 g/mol. The molecule has 1 amide bonds. The summed E-state index contributed by atoms with van der Waals surface area (Å²) in [5.74, 6) is -1.19. The van der Waals surface area contributed by atoms with E-state index >= 15 is 0 Å². The number of Topliss-reactive ketones (excluding diaryl/α,β-unsaturated/α-hetero) is 1. The van der Waals surface area contributed by atoms with E-state index < -0.39 is 17.7 Å². The van der Waals surface area contributed by atoms with Crippen LogP contribution in [0.15, 0.2) is 53.1 Å². The molecule has 1 atom stereocenters. The van der Waals surface area contributed by atoms with E-state index in [0.717, 1.165) is 37.3 Å². The van der Waals surface area contributed by atoms with Gasteiger partial charge in [-0.1, -0.05) is 18.2 Å². The third kappa shape index (κ3) is 4.83. The quantitative estimate of drug-likeness (QED) is 0.562. The van der Waals surface area contributed by atoms with Crippen molar-refractivity contribution in [3.8, 4) is 0 Å². The van der Waals surface area contributed by atoms with E-state index in [9.17, 15) is 14.7 Å². The van der Waals surface area contributed by atoms with Gasteiger partial charge in [0.05, 0.1) is 16.5 Å². The van der Waals surface area contributed by atoms with E-state index in [2.05, 4.69) is 23.6 Å². The van der Waals surface area contributed by atoms with E-state index in [1.165, 1.54) is 11.3 Å². The lowest BCUT2D eigenvalue weighted by Gasteiger charge is -2.28. The molecule has 1 N–H and O–H groups in total. The highest BCUT2D eigenvalue weighted by Gasteiger charge is 2.43. The summed E-state index contributed by atoms with van der Waals surface area (Å²) in [5.41, 5.74) is 2.10. The molecule has 31 heavy (non-hydrogen) atoms. The Kier molecular flexibility index (Phi) is 7.51. The normalized spacial score (nSPS) is 16.5. The van der Waals surface area contributed by atoms with Gasteiger partial charge in [-0.2, -0.15) is 0 Å². The van der Waals surface area contributed by atoms with Crippen molar-refractivity contribution in [3.63, 3.8) is 0 Å². The van der Waals surface area contributed by atoms with Crippen molar-refractivity contribution in [1.82, 2.24) is 9.80 Å². The summed E-state index contributed by atoms with van der Waals surface area (Å²) < 4.78 is 0. The van der Waals surface area contributed by atoms with Gasteiger partial charge in [0.25, 0.3) is 5.91 Å². The molecule has 0 saturated heterocycles. The zero-order valence-electron chi connectivity index (χ0n) is 18.7. The molecule has 2 aromatic rings. The number of hydrogen-bond donors (Lipinski definition) is 1. The predicted molar refractivity (Wildman–Crippen MR) is 126 cm³/mol. The lowest BCUT2D eigenvalue weighted by atomic mass is 9.95. The van der Waals surface area contributed by atoms with Crippen LogP contribution in [0.3, 0.4) is 0 Å². The number of benzene rings is 1. The van der Waals surface area contributed by atoms with Gasteiger partial charge in [-0.3, -0.25) is 9.59 Å². The Bertz CT molecular complexity index is 931. The molecule has 0 aliphatic carbocycles. The van der Waals surface area contributed by atoms with E-state index in [1.54, 1.807) is 17.0 Å². The van der Waals surface area contributed by atoms with Crippen LogP contribution in [0.25, 0.3) is 0 Å². The Hall–Kier alpha value is -2.64. The van der Waals surface area contributed by atoms with Crippen LogP contribution < -0.4 is 4.90 Å². The second-order valence-corrected chi connectivity index (χ2v) is 8.84. The first-order valence-electron chi connectivity index (χ1n) is 10.7. The molecule has 0 bridgehead atoms. The number of amides is 1. The number of hydrogen-bond acceptors (Lipinski definition) is 6. The standard InChI is InChI=1S/C24H31N3O3S/c1-5-26(6-2)18-12-10-17(11-13-18)21-20(22(28)19-9-7-16-31-19)23(29)24(30)27(21)15-8-14-25(3)4/h7,9-13,16,21,29H,5-6,8,14-15H2,1-4H3. The highest BCUT2D eigenvalue weighted by Crippen LogP contribution is 2.40. The molecule has 0 saturated carbocycles. The molecule has 1 aliphatic heterocycles. The van der Waals surface area contributed by atoms with Crippen molar-refractivity contribution in [1.29, 1.82) is 0 Å². The van der Waals surface area contributed by atoms with E-state index in [-0.39, 0.29) is 11.4 Å². The first kappa shape index (κ1) is 23.0. The number of aliphatic hydroxyl groups is 1. The van der Waals surface area contributed by atoms with Crippen molar-refractivity contribution in [2.75, 3.05) is 45.2 Å². The second kappa shape index (κ2) is 10.1. The molecule has 0 radical (unpaired) electrons. The topological polar surface area (TPSA) is 64.1 Å². The van der Waals surface area contributed by atoms with Gasteiger partial charge in [0, 0.05) is 25.3 Å². The number of rotatable bonds is 10. The number of anilines is 1. The van der Waals surface area contributed by atoms with Crippen LogP contribution in [0, 0.1) is 0 Å². The van der Waals surface area contributed by atoms with Gasteiger partial charge < -0.3 is 19.8 Å². The summed E-state index contributed by atoms with van der Waals surface area (Å²) >= 11 is 1.32. The van der Waals surface area contributed by atoms with Crippen molar-refractivity contribution < 1.29 is 14.7 Å². The zero-order valence-corrected chi connectivity index (χ0v) is 19.5. The summed E-state index contributed by atoms with van der Waals surface area (Å²) in [4.78, 5) is 32.7. The highest BCUT2D eigenvalue weighted by molar-refractivity contribution is 7.12. The molecule has 1 unspecified atom stereocenters. The molecule has 1 aromatic heterocycles. The van der Waals surface area contributed by atoms with Crippen LogP contribution >= 0.6 is 11.3 Å². The summed E-state index contributed by atoms with van der Waals surface area (Å²) in [6.45, 7) is 7.29. The molecule has 1 aromatic carbocycles. The number of thiophene rings is 1. The van der Waals surface area contributed by atoms with Crippen molar-refractivity contribution >= 4 is 28.7 Å². The molecule has 0 fully saturated rings. The van der Waals surface area contributed by atoms with Gasteiger partial charge in [-0.15, -0.1) is 11.3 Å². The SMILES string of the molecule is CCN(CC)c1ccc(C2C(C(=O)c3cccs3)=C(O)C(=O)N2CCCN(C)C)cc1. The van der Waals surface area contributed by atoms with Gasteiger partial charge >= 0.3 is 0 Å². The highest BCUT2D eigenvalue weighted by atomic mass is 32.1. The summed E-state index contributed by atoms with van der Waals surface area (Å²) in [5, 5.41) is 12.5. The third-order valence-corrected chi connectivity index (χ3v) is 6.50. The van der Waals surface area contributed by atoms with Crippen LogP contribution in [0.2, 0.25) is 0 Å². The monoisotopic (exact) mass is 441 g/mol. The average molecular weight is 442 g/mol. The molecule has 7 heteroatoms. The van der Waals surface area contributed by atoms with Crippen molar-refractivity contribution in [2.45, 2.75) is 26.3 Å². The molecule has 166 valence electrons. The van der Waals surface area contributed by atoms with Crippen LogP contribution in [-0.2, 0) is 4.79 Å². The summed E-state index contributed by atoms with van der Waals surface area (Å²) in [6, 6.07) is 10.9. The Morgan fingerprint density at radius 2 is 1.81 bits per heavy atom. The number of nitrogens with zero attached hydrogens (tertiary/aromatic N) is 3. The lowest BCUT2D eigenvalue weighted by molar-refractivity contribution is -0.129. The largest absolute Gasteiger partial charge is 0.503 e. The minimum Gasteiger partial charge on any atom is -0.503 e. The molecular formula is C24H31N3O3S. The maximum atomic E-state index is 13.2. The molecule has 3 rings (SSSR count). The van der Waals surface area contributed by atoms with E-state index in [0.29, 0.717) is 11.4 Å². The number of carbonyl (C=O) groups excluding carboxylic acids is 2. The zero-order chi connectivity index (χ0) is 22.5. The third-order valence-electron chi connectivity index (χ3n) is 5.64. The molecule has 1 aliphatic rings. The first-order chi connectivity index (χ1) is 14.9. The number of ketones is 1. The number of aliphatic hydroxyl groups excluding tert-OH is 1. The van der Waals surface area contributed by atoms with Gasteiger partial charge in [0.2, 0.25) is 5.78 Å². The maximum Gasteiger partial charge on any atom is 0.290 e. The molecule has 0 spiro atoms. The minimum atomic E-state index is -0.588. The lowest BCUT2D eigenvalue weighted by Crippen LogP contribution is -2.33. The number of carbonyl (C=O) groups is 2. The Morgan fingerprint density at radius 1 is 1.13 bits per heavy atom. The van der Waals surface area contributed by atoms with Gasteiger partial charge in [0.1, 0.15) is 0 Å². The van der Waals surface area contributed by atoms with Crippen LogP contribution in [-0.4, -0.2) is 66.9 Å². The van der Waals surface area contributed by atoms with E-state index in [1.807, 2.05) is 43.7 Å². The van der Waals surface area contributed by atoms with Crippen LogP contribution in [0.5, 0.6) is 0 Å².